The van der Waals surface area contributed by atoms with Crippen molar-refractivity contribution in [1.29, 1.82) is 0 Å². The molecule has 2 rings (SSSR count). The summed E-state index contributed by atoms with van der Waals surface area (Å²) in [5.74, 6) is -0.508. The Hall–Kier alpha value is -1.82. The number of benzene rings is 1. The minimum absolute atomic E-state index is 0.0388. The Balaban J connectivity index is 2.55. The van der Waals surface area contributed by atoms with Crippen LogP contribution in [-0.4, -0.2) is 20.9 Å². The Morgan fingerprint density at radius 1 is 1.35 bits per heavy atom. The minimum atomic E-state index is -0.508. The van der Waals surface area contributed by atoms with E-state index in [0.29, 0.717) is 10.2 Å². The maximum Gasteiger partial charge on any atom is 0.146 e. The Morgan fingerprint density at radius 3 is 2.82 bits per heavy atom. The van der Waals surface area contributed by atoms with Gasteiger partial charge in [0, 0.05) is 18.0 Å². The van der Waals surface area contributed by atoms with E-state index in [1.807, 2.05) is 0 Å². The Bertz CT molecular complexity index is 560. The van der Waals surface area contributed by atoms with Gasteiger partial charge in [-0.15, -0.1) is 0 Å². The van der Waals surface area contributed by atoms with E-state index in [9.17, 15) is 4.39 Å². The molecule has 86 valence electrons. The number of halogens is 2. The molecule has 0 saturated carbocycles. The van der Waals surface area contributed by atoms with Gasteiger partial charge in [-0.3, -0.25) is 9.97 Å². The summed E-state index contributed by atoms with van der Waals surface area (Å²) in [6.45, 7) is 0. The zero-order chi connectivity index (χ0) is 12.3. The molecule has 17 heavy (non-hydrogen) atoms. The van der Waals surface area contributed by atoms with Gasteiger partial charge >= 0.3 is 0 Å². The molecule has 0 spiro atoms. The first-order chi connectivity index (χ1) is 8.24. The van der Waals surface area contributed by atoms with E-state index in [0.717, 1.165) is 0 Å². The molecule has 0 amide bonds. The van der Waals surface area contributed by atoms with Crippen LogP contribution in [0.1, 0.15) is 11.3 Å². The van der Waals surface area contributed by atoms with Gasteiger partial charge in [0.1, 0.15) is 17.2 Å². The van der Waals surface area contributed by atoms with Crippen LogP contribution < -0.4 is 0 Å². The van der Waals surface area contributed by atoms with Crippen LogP contribution in [0.3, 0.4) is 0 Å². The van der Waals surface area contributed by atoms with E-state index in [1.54, 1.807) is 12.1 Å². The number of aromatic nitrogens is 2. The number of oxime groups is 1. The summed E-state index contributed by atoms with van der Waals surface area (Å²) in [5.41, 5.74) is 0.492. The van der Waals surface area contributed by atoms with E-state index in [1.165, 1.54) is 24.7 Å². The minimum Gasteiger partial charge on any atom is -0.410 e. The van der Waals surface area contributed by atoms with E-state index in [-0.39, 0.29) is 11.3 Å². The van der Waals surface area contributed by atoms with Gasteiger partial charge in [-0.05, 0) is 28.1 Å². The molecular formula is C11H7BrFN3O. The summed E-state index contributed by atoms with van der Waals surface area (Å²) in [6.07, 6.45) is 4.32. The Kier molecular flexibility index (Phi) is 3.43. The monoisotopic (exact) mass is 295 g/mol. The lowest BCUT2D eigenvalue weighted by molar-refractivity contribution is 0.319. The predicted octanol–water partition coefficient (Wildman–Crippen LogP) is 2.60. The average molecular weight is 296 g/mol. The van der Waals surface area contributed by atoms with Crippen molar-refractivity contribution in [3.05, 3.63) is 58.3 Å². The van der Waals surface area contributed by atoms with Crippen molar-refractivity contribution in [2.45, 2.75) is 0 Å². The third-order valence-electron chi connectivity index (χ3n) is 2.11. The van der Waals surface area contributed by atoms with Gasteiger partial charge in [-0.2, -0.15) is 0 Å². The van der Waals surface area contributed by atoms with Gasteiger partial charge in [0.05, 0.1) is 10.7 Å². The predicted molar refractivity (Wildman–Crippen MR) is 63.6 cm³/mol. The number of nitrogens with zero attached hydrogens (tertiary/aromatic N) is 3. The number of hydrogen-bond acceptors (Lipinski definition) is 4. The highest BCUT2D eigenvalue weighted by Gasteiger charge is 2.15. The summed E-state index contributed by atoms with van der Waals surface area (Å²) in [5, 5.41) is 12.1. The Labute approximate surface area is 105 Å². The van der Waals surface area contributed by atoms with Crippen molar-refractivity contribution in [2.24, 2.45) is 5.16 Å². The third-order valence-corrected chi connectivity index (χ3v) is 2.72. The van der Waals surface area contributed by atoms with E-state index in [2.05, 4.69) is 31.1 Å². The fraction of sp³-hybridized carbons (Fsp3) is 0. The maximum absolute atomic E-state index is 13.8. The molecule has 4 nitrogen and oxygen atoms in total. The highest BCUT2D eigenvalue weighted by atomic mass is 79.9. The molecule has 0 fully saturated rings. The first-order valence-electron chi connectivity index (χ1n) is 4.67. The van der Waals surface area contributed by atoms with E-state index < -0.39 is 5.82 Å². The summed E-state index contributed by atoms with van der Waals surface area (Å²) in [4.78, 5) is 7.80. The molecule has 1 heterocycles. The van der Waals surface area contributed by atoms with Crippen molar-refractivity contribution >= 4 is 21.6 Å². The smallest absolute Gasteiger partial charge is 0.146 e. The van der Waals surface area contributed by atoms with Crippen LogP contribution in [0.4, 0.5) is 4.39 Å². The molecule has 0 aliphatic carbocycles. The van der Waals surface area contributed by atoms with Crippen molar-refractivity contribution in [3.8, 4) is 0 Å². The molecule has 0 saturated heterocycles. The van der Waals surface area contributed by atoms with Gasteiger partial charge in [0.15, 0.2) is 0 Å². The summed E-state index contributed by atoms with van der Waals surface area (Å²) in [6, 6.07) is 4.71. The molecule has 1 aromatic heterocycles. The second kappa shape index (κ2) is 5.01. The van der Waals surface area contributed by atoms with E-state index in [4.69, 9.17) is 5.21 Å². The molecule has 6 heteroatoms. The third kappa shape index (κ3) is 2.31. The zero-order valence-corrected chi connectivity index (χ0v) is 10.1. The molecule has 1 aromatic carbocycles. The number of rotatable bonds is 2. The summed E-state index contributed by atoms with van der Waals surface area (Å²) < 4.78 is 14.1. The SMILES string of the molecule is O/N=C(/c1cnccn1)c1cccc(Br)c1F. The number of hydrogen-bond donors (Lipinski definition) is 1. The van der Waals surface area contributed by atoms with Crippen LogP contribution in [0.15, 0.2) is 46.4 Å². The largest absolute Gasteiger partial charge is 0.410 e. The lowest BCUT2D eigenvalue weighted by Gasteiger charge is -2.05. The van der Waals surface area contributed by atoms with Crippen molar-refractivity contribution < 1.29 is 9.60 Å². The first kappa shape index (κ1) is 11.7. The van der Waals surface area contributed by atoms with Crippen LogP contribution in [0.25, 0.3) is 0 Å². The molecule has 0 radical (unpaired) electrons. The van der Waals surface area contributed by atoms with Gasteiger partial charge < -0.3 is 5.21 Å². The average Bonchev–Trinajstić information content (AvgIpc) is 2.37. The van der Waals surface area contributed by atoms with Crippen molar-refractivity contribution in [1.82, 2.24) is 9.97 Å². The van der Waals surface area contributed by atoms with Gasteiger partial charge in [-0.25, -0.2) is 4.39 Å². The molecule has 0 unspecified atom stereocenters. The quantitative estimate of drug-likeness (QED) is 0.526. The molecule has 0 bridgehead atoms. The van der Waals surface area contributed by atoms with Crippen molar-refractivity contribution in [3.63, 3.8) is 0 Å². The molecule has 2 aromatic rings. The lowest BCUT2D eigenvalue weighted by Crippen LogP contribution is -2.08. The first-order valence-corrected chi connectivity index (χ1v) is 5.46. The van der Waals surface area contributed by atoms with E-state index >= 15 is 0 Å². The zero-order valence-electron chi connectivity index (χ0n) is 8.51. The van der Waals surface area contributed by atoms with Crippen molar-refractivity contribution in [2.75, 3.05) is 0 Å². The van der Waals surface area contributed by atoms with Crippen LogP contribution in [0, 0.1) is 5.82 Å². The van der Waals surface area contributed by atoms with Crippen LogP contribution in [-0.2, 0) is 0 Å². The van der Waals surface area contributed by atoms with Gasteiger partial charge in [0.25, 0.3) is 0 Å². The molecule has 1 N–H and O–H groups in total. The second-order valence-electron chi connectivity index (χ2n) is 3.14. The lowest BCUT2D eigenvalue weighted by atomic mass is 10.1. The van der Waals surface area contributed by atoms with Gasteiger partial charge in [-0.1, -0.05) is 11.2 Å². The van der Waals surface area contributed by atoms with Crippen LogP contribution in [0.5, 0.6) is 0 Å². The molecule has 0 atom stereocenters. The summed E-state index contributed by atoms with van der Waals surface area (Å²) >= 11 is 3.07. The standard InChI is InChI=1S/C11H7BrFN3O/c12-8-3-1-2-7(10(8)13)11(16-17)9-6-14-4-5-15-9/h1-6,17H/b16-11+. The second-order valence-corrected chi connectivity index (χ2v) is 3.99. The fourth-order valence-electron chi connectivity index (χ4n) is 1.35. The topological polar surface area (TPSA) is 58.4 Å². The fourth-order valence-corrected chi connectivity index (χ4v) is 1.72. The summed E-state index contributed by atoms with van der Waals surface area (Å²) in [7, 11) is 0. The maximum atomic E-state index is 13.8. The molecule has 0 aliphatic rings. The normalized spacial score (nSPS) is 11.5. The highest BCUT2D eigenvalue weighted by molar-refractivity contribution is 9.10. The Morgan fingerprint density at radius 2 is 2.18 bits per heavy atom. The van der Waals surface area contributed by atoms with Gasteiger partial charge in [0.2, 0.25) is 0 Å². The molecule has 0 aliphatic heterocycles. The molecular weight excluding hydrogens is 289 g/mol. The van der Waals surface area contributed by atoms with Crippen LogP contribution >= 0.6 is 15.9 Å². The van der Waals surface area contributed by atoms with Crippen LogP contribution in [0.2, 0.25) is 0 Å². The highest BCUT2D eigenvalue weighted by Crippen LogP contribution is 2.20.